The van der Waals surface area contributed by atoms with Crippen molar-refractivity contribution in [2.24, 2.45) is 9.98 Å². The molecule has 0 saturated heterocycles. The fraction of sp³-hybridized carbons (Fsp3) is 0.600. The minimum atomic E-state index is 0.581. The van der Waals surface area contributed by atoms with Gasteiger partial charge in [-0.3, -0.25) is 4.99 Å². The molecule has 0 aliphatic carbocycles. The Balaban J connectivity index is 3.94. The predicted octanol–water partition coefficient (Wildman–Crippen LogP) is 1.10. The number of hydroxylamine groups is 1. The van der Waals surface area contributed by atoms with Gasteiger partial charge in [-0.15, -0.1) is 0 Å². The lowest BCUT2D eigenvalue weighted by atomic mass is 10.3. The van der Waals surface area contributed by atoms with Crippen molar-refractivity contribution in [3.63, 3.8) is 0 Å². The van der Waals surface area contributed by atoms with Gasteiger partial charge in [0.1, 0.15) is 12.6 Å². The standard InChI is InChI=1S/C10H20N4O/c1-4-10(6-7-15-14-5-2)13-9-12-8-11-3/h6-7,9,11,14H,4-5,8H2,1-3H3/b7-6+,12-9?,13-10?. The number of hydrogen-bond acceptors (Lipinski definition) is 4. The van der Waals surface area contributed by atoms with Crippen molar-refractivity contribution in [2.75, 3.05) is 20.3 Å². The maximum absolute atomic E-state index is 4.97. The Morgan fingerprint density at radius 3 is 2.80 bits per heavy atom. The van der Waals surface area contributed by atoms with E-state index in [1.807, 2.05) is 27.0 Å². The lowest BCUT2D eigenvalue weighted by Gasteiger charge is -1.97. The van der Waals surface area contributed by atoms with E-state index in [9.17, 15) is 0 Å². The fourth-order valence-corrected chi connectivity index (χ4v) is 0.743. The molecule has 5 heteroatoms. The van der Waals surface area contributed by atoms with Crippen molar-refractivity contribution in [2.45, 2.75) is 20.3 Å². The number of nitrogens with zero attached hydrogens (tertiary/aromatic N) is 2. The third-order valence-corrected chi connectivity index (χ3v) is 1.47. The van der Waals surface area contributed by atoms with Crippen LogP contribution in [0.3, 0.4) is 0 Å². The Labute approximate surface area is 91.3 Å². The molecule has 0 aromatic carbocycles. The van der Waals surface area contributed by atoms with Crippen molar-refractivity contribution in [3.05, 3.63) is 12.3 Å². The average molecular weight is 212 g/mol. The second kappa shape index (κ2) is 10.9. The van der Waals surface area contributed by atoms with E-state index in [2.05, 4.69) is 20.8 Å². The lowest BCUT2D eigenvalue weighted by molar-refractivity contribution is 0.140. The molecule has 15 heavy (non-hydrogen) atoms. The highest BCUT2D eigenvalue weighted by Crippen LogP contribution is 1.88. The van der Waals surface area contributed by atoms with Gasteiger partial charge in [0.2, 0.25) is 0 Å². The molecular formula is C10H20N4O. The summed E-state index contributed by atoms with van der Waals surface area (Å²) in [5, 5.41) is 2.90. The van der Waals surface area contributed by atoms with Crippen molar-refractivity contribution >= 4 is 12.1 Å². The molecule has 0 bridgehead atoms. The molecule has 0 atom stereocenters. The van der Waals surface area contributed by atoms with Gasteiger partial charge >= 0.3 is 0 Å². The van der Waals surface area contributed by atoms with E-state index in [-0.39, 0.29) is 0 Å². The van der Waals surface area contributed by atoms with Crippen LogP contribution in [-0.2, 0) is 4.84 Å². The van der Waals surface area contributed by atoms with E-state index >= 15 is 0 Å². The van der Waals surface area contributed by atoms with E-state index in [1.165, 1.54) is 0 Å². The molecule has 0 aromatic rings. The summed E-state index contributed by atoms with van der Waals surface area (Å²) in [5.74, 6) is 0. The summed E-state index contributed by atoms with van der Waals surface area (Å²) in [7, 11) is 1.84. The Morgan fingerprint density at radius 2 is 2.20 bits per heavy atom. The Bertz CT molecular complexity index is 223. The molecule has 5 nitrogen and oxygen atoms in total. The van der Waals surface area contributed by atoms with Gasteiger partial charge in [-0.05, 0) is 26.5 Å². The normalized spacial score (nSPS) is 12.9. The summed E-state index contributed by atoms with van der Waals surface area (Å²) < 4.78 is 0. The molecule has 0 heterocycles. The maximum atomic E-state index is 4.97. The van der Waals surface area contributed by atoms with Crippen molar-refractivity contribution in [3.8, 4) is 0 Å². The van der Waals surface area contributed by atoms with Crippen LogP contribution in [-0.4, -0.2) is 32.3 Å². The van der Waals surface area contributed by atoms with Gasteiger partial charge in [0.05, 0.1) is 6.67 Å². The Morgan fingerprint density at radius 1 is 1.40 bits per heavy atom. The maximum Gasteiger partial charge on any atom is 0.113 e. The first kappa shape index (κ1) is 13.8. The van der Waals surface area contributed by atoms with E-state index in [0.717, 1.165) is 18.7 Å². The molecule has 0 amide bonds. The number of aliphatic imine (C=N–C) groups is 2. The molecule has 0 radical (unpaired) electrons. The third-order valence-electron chi connectivity index (χ3n) is 1.47. The number of nitrogens with one attached hydrogen (secondary N) is 2. The highest BCUT2D eigenvalue weighted by Gasteiger charge is 1.87. The Kier molecular flexibility index (Phi) is 10.0. The summed E-state index contributed by atoms with van der Waals surface area (Å²) in [6, 6.07) is 0. The SMILES string of the molecule is CCNO/C=C/C(CC)=NC=NCNC. The van der Waals surface area contributed by atoms with Crippen molar-refractivity contribution < 1.29 is 4.84 Å². The highest BCUT2D eigenvalue weighted by molar-refractivity contribution is 5.98. The molecule has 0 unspecified atom stereocenters. The molecule has 0 aromatic heterocycles. The van der Waals surface area contributed by atoms with Gasteiger partial charge in [0.25, 0.3) is 0 Å². The lowest BCUT2D eigenvalue weighted by Crippen LogP contribution is -2.09. The number of rotatable bonds is 8. The number of allylic oxidation sites excluding steroid dienone is 1. The largest absolute Gasteiger partial charge is 0.416 e. The first-order chi connectivity index (χ1) is 7.35. The second-order valence-electron chi connectivity index (χ2n) is 2.70. The molecular weight excluding hydrogens is 192 g/mol. The van der Waals surface area contributed by atoms with E-state index in [0.29, 0.717) is 6.67 Å². The van der Waals surface area contributed by atoms with Crippen LogP contribution in [0.2, 0.25) is 0 Å². The van der Waals surface area contributed by atoms with Crippen molar-refractivity contribution in [1.82, 2.24) is 10.8 Å². The van der Waals surface area contributed by atoms with Gasteiger partial charge < -0.3 is 10.2 Å². The summed E-state index contributed by atoms with van der Waals surface area (Å²) in [6.07, 6.45) is 5.79. The molecule has 0 spiro atoms. The van der Waals surface area contributed by atoms with Gasteiger partial charge in [-0.25, -0.2) is 4.99 Å². The molecule has 0 saturated carbocycles. The van der Waals surface area contributed by atoms with Gasteiger partial charge in [0, 0.05) is 12.3 Å². The highest BCUT2D eigenvalue weighted by atomic mass is 16.6. The first-order valence-corrected chi connectivity index (χ1v) is 5.09. The third kappa shape index (κ3) is 9.11. The van der Waals surface area contributed by atoms with E-state index in [1.54, 1.807) is 12.6 Å². The van der Waals surface area contributed by atoms with Crippen LogP contribution in [0.5, 0.6) is 0 Å². The number of hydrogen-bond donors (Lipinski definition) is 2. The molecule has 0 rings (SSSR count). The smallest absolute Gasteiger partial charge is 0.113 e. The Hall–Kier alpha value is -1.20. The quantitative estimate of drug-likeness (QED) is 0.208. The first-order valence-electron chi connectivity index (χ1n) is 5.09. The van der Waals surface area contributed by atoms with Crippen molar-refractivity contribution in [1.29, 1.82) is 0 Å². The molecule has 2 N–H and O–H groups in total. The summed E-state index contributed by atoms with van der Waals surface area (Å²) >= 11 is 0. The minimum Gasteiger partial charge on any atom is -0.416 e. The zero-order valence-corrected chi connectivity index (χ0v) is 9.66. The van der Waals surface area contributed by atoms with E-state index < -0.39 is 0 Å². The van der Waals surface area contributed by atoms with Gasteiger partial charge in [-0.2, -0.15) is 5.48 Å². The van der Waals surface area contributed by atoms with Crippen LogP contribution in [0.25, 0.3) is 0 Å². The summed E-state index contributed by atoms with van der Waals surface area (Å²) in [5.41, 5.74) is 3.64. The van der Waals surface area contributed by atoms with Crippen LogP contribution in [0.4, 0.5) is 0 Å². The molecule has 0 fully saturated rings. The second-order valence-corrected chi connectivity index (χ2v) is 2.70. The van der Waals surface area contributed by atoms with Crippen LogP contribution < -0.4 is 10.8 Å². The predicted molar refractivity (Wildman–Crippen MR) is 64.0 cm³/mol. The van der Waals surface area contributed by atoms with Crippen LogP contribution in [0.15, 0.2) is 22.3 Å². The van der Waals surface area contributed by atoms with Crippen LogP contribution >= 0.6 is 0 Å². The topological polar surface area (TPSA) is 58.0 Å². The van der Waals surface area contributed by atoms with Gasteiger partial charge in [0.15, 0.2) is 0 Å². The fourth-order valence-electron chi connectivity index (χ4n) is 0.743. The molecule has 0 aliphatic heterocycles. The molecule has 86 valence electrons. The minimum absolute atomic E-state index is 0.581. The van der Waals surface area contributed by atoms with Crippen LogP contribution in [0.1, 0.15) is 20.3 Å². The summed E-state index contributed by atoms with van der Waals surface area (Å²) in [6.45, 7) is 5.35. The average Bonchev–Trinajstić information content (AvgIpc) is 2.27. The van der Waals surface area contributed by atoms with Crippen LogP contribution in [0, 0.1) is 0 Å². The zero-order chi connectivity index (χ0) is 11.4. The van der Waals surface area contributed by atoms with E-state index in [4.69, 9.17) is 4.84 Å². The monoisotopic (exact) mass is 212 g/mol. The van der Waals surface area contributed by atoms with Gasteiger partial charge in [-0.1, -0.05) is 6.92 Å². The zero-order valence-electron chi connectivity index (χ0n) is 9.66. The summed E-state index contributed by atoms with van der Waals surface area (Å²) in [4.78, 5) is 13.2. The molecule has 0 aliphatic rings.